The largest absolute Gasteiger partial charge is 0.347 e. The lowest BCUT2D eigenvalue weighted by Crippen LogP contribution is -2.24. The lowest BCUT2D eigenvalue weighted by atomic mass is 10.2. The molecule has 7 heteroatoms. The maximum absolute atomic E-state index is 12.3. The summed E-state index contributed by atoms with van der Waals surface area (Å²) in [5.41, 5.74) is 3.21. The molecule has 0 aliphatic carbocycles. The molecule has 1 aromatic carbocycles. The molecule has 25 heavy (non-hydrogen) atoms. The number of nitrogens with zero attached hydrogens (tertiary/aromatic N) is 3. The van der Waals surface area contributed by atoms with Crippen LogP contribution in [0.1, 0.15) is 21.6 Å². The van der Waals surface area contributed by atoms with Crippen molar-refractivity contribution in [2.75, 3.05) is 5.32 Å². The summed E-state index contributed by atoms with van der Waals surface area (Å²) in [6, 6.07) is 11.2. The van der Waals surface area contributed by atoms with E-state index in [1.54, 1.807) is 18.5 Å². The third kappa shape index (κ3) is 4.60. The van der Waals surface area contributed by atoms with Crippen molar-refractivity contribution in [3.63, 3.8) is 0 Å². The van der Waals surface area contributed by atoms with Gasteiger partial charge in [0, 0.05) is 35.2 Å². The number of carbonyl (C=O) groups excluding carboxylic acids is 1. The van der Waals surface area contributed by atoms with Crippen LogP contribution in [0.2, 0.25) is 0 Å². The normalized spacial score (nSPS) is 10.3. The Kier molecular flexibility index (Phi) is 5.35. The number of aromatic nitrogens is 3. The first-order valence-corrected chi connectivity index (χ1v) is 8.43. The Morgan fingerprint density at radius 2 is 2.08 bits per heavy atom. The van der Waals surface area contributed by atoms with Crippen molar-refractivity contribution >= 4 is 33.3 Å². The fourth-order valence-electron chi connectivity index (χ4n) is 2.23. The molecule has 0 bridgehead atoms. The van der Waals surface area contributed by atoms with Crippen LogP contribution in [-0.4, -0.2) is 20.9 Å². The Morgan fingerprint density at radius 1 is 1.20 bits per heavy atom. The molecule has 0 radical (unpaired) electrons. The quantitative estimate of drug-likeness (QED) is 0.687. The molecule has 3 rings (SSSR count). The number of hydrogen-bond acceptors (Lipinski definition) is 5. The zero-order valence-electron chi connectivity index (χ0n) is 13.5. The van der Waals surface area contributed by atoms with Crippen molar-refractivity contribution in [2.24, 2.45) is 0 Å². The van der Waals surface area contributed by atoms with Crippen LogP contribution in [0.15, 0.2) is 59.6 Å². The maximum atomic E-state index is 12.3. The van der Waals surface area contributed by atoms with E-state index in [0.29, 0.717) is 18.1 Å². The monoisotopic (exact) mass is 397 g/mol. The van der Waals surface area contributed by atoms with Crippen LogP contribution in [0.3, 0.4) is 0 Å². The van der Waals surface area contributed by atoms with Crippen molar-refractivity contribution < 1.29 is 4.79 Å². The predicted octanol–water partition coefficient (Wildman–Crippen LogP) is 3.62. The molecule has 1 amide bonds. The van der Waals surface area contributed by atoms with Gasteiger partial charge in [0.25, 0.3) is 5.91 Å². The number of anilines is 2. The first-order valence-electron chi connectivity index (χ1n) is 7.64. The summed E-state index contributed by atoms with van der Waals surface area (Å²) in [4.78, 5) is 24.5. The van der Waals surface area contributed by atoms with Crippen molar-refractivity contribution in [3.05, 3.63) is 76.4 Å². The van der Waals surface area contributed by atoms with E-state index in [9.17, 15) is 4.79 Å². The zero-order valence-corrected chi connectivity index (χ0v) is 15.1. The lowest BCUT2D eigenvalue weighted by molar-refractivity contribution is 0.0946. The molecule has 0 atom stereocenters. The van der Waals surface area contributed by atoms with Gasteiger partial charge in [-0.15, -0.1) is 0 Å². The molecule has 3 aromatic rings. The van der Waals surface area contributed by atoms with Gasteiger partial charge in [0.15, 0.2) is 0 Å². The molecule has 0 aliphatic heterocycles. The minimum Gasteiger partial charge on any atom is -0.347 e. The van der Waals surface area contributed by atoms with Crippen molar-refractivity contribution in [1.29, 1.82) is 0 Å². The van der Waals surface area contributed by atoms with Crippen LogP contribution in [0, 0.1) is 6.92 Å². The van der Waals surface area contributed by atoms with Gasteiger partial charge in [0.2, 0.25) is 0 Å². The highest BCUT2D eigenvalue weighted by Crippen LogP contribution is 2.22. The summed E-state index contributed by atoms with van der Waals surface area (Å²) in [5, 5.41) is 6.03. The molecule has 2 aromatic heterocycles. The highest BCUT2D eigenvalue weighted by Gasteiger charge is 2.09. The first kappa shape index (κ1) is 17.0. The molecule has 0 saturated heterocycles. The highest BCUT2D eigenvalue weighted by molar-refractivity contribution is 9.10. The molecular weight excluding hydrogens is 382 g/mol. The van der Waals surface area contributed by atoms with Crippen LogP contribution in [-0.2, 0) is 6.54 Å². The minimum atomic E-state index is -0.262. The van der Waals surface area contributed by atoms with E-state index in [4.69, 9.17) is 0 Å². The van der Waals surface area contributed by atoms with Crippen molar-refractivity contribution in [2.45, 2.75) is 13.5 Å². The molecule has 2 N–H and O–H groups in total. The third-order valence-electron chi connectivity index (χ3n) is 3.53. The highest BCUT2D eigenvalue weighted by atomic mass is 79.9. The van der Waals surface area contributed by atoms with E-state index in [-0.39, 0.29) is 5.91 Å². The second-order valence-electron chi connectivity index (χ2n) is 5.42. The lowest BCUT2D eigenvalue weighted by Gasteiger charge is -2.10. The first-order chi connectivity index (χ1) is 12.1. The minimum absolute atomic E-state index is 0.262. The molecule has 0 unspecified atom stereocenters. The number of halogens is 1. The van der Waals surface area contributed by atoms with Gasteiger partial charge in [-0.1, -0.05) is 22.0 Å². The number of benzene rings is 1. The zero-order chi connectivity index (χ0) is 17.6. The summed E-state index contributed by atoms with van der Waals surface area (Å²) < 4.78 is 1.01. The summed E-state index contributed by atoms with van der Waals surface area (Å²) >= 11 is 3.44. The van der Waals surface area contributed by atoms with Crippen LogP contribution < -0.4 is 10.6 Å². The second-order valence-corrected chi connectivity index (χ2v) is 6.33. The predicted molar refractivity (Wildman–Crippen MR) is 99.6 cm³/mol. The number of hydrogen-bond donors (Lipinski definition) is 2. The van der Waals surface area contributed by atoms with Gasteiger partial charge < -0.3 is 10.6 Å². The van der Waals surface area contributed by atoms with Gasteiger partial charge in [-0.3, -0.25) is 9.78 Å². The fourth-order valence-corrected chi connectivity index (χ4v) is 2.71. The van der Waals surface area contributed by atoms with E-state index in [1.807, 2.05) is 37.3 Å². The van der Waals surface area contributed by atoms with E-state index in [2.05, 4.69) is 41.5 Å². The second kappa shape index (κ2) is 7.85. The van der Waals surface area contributed by atoms with Crippen molar-refractivity contribution in [1.82, 2.24) is 20.3 Å². The van der Waals surface area contributed by atoms with Gasteiger partial charge in [-0.25, -0.2) is 9.97 Å². The summed E-state index contributed by atoms with van der Waals surface area (Å²) in [5.74, 6) is 0.300. The number of aryl methyl sites for hydroxylation is 1. The average Bonchev–Trinajstić information content (AvgIpc) is 2.63. The van der Waals surface area contributed by atoms with E-state index < -0.39 is 0 Å². The van der Waals surface area contributed by atoms with Gasteiger partial charge in [-0.2, -0.15) is 0 Å². The Bertz CT molecular complexity index is 886. The molecule has 0 aliphatic rings. The summed E-state index contributed by atoms with van der Waals surface area (Å²) in [6.45, 7) is 2.39. The summed E-state index contributed by atoms with van der Waals surface area (Å²) in [7, 11) is 0. The number of nitrogens with one attached hydrogen (secondary N) is 2. The maximum Gasteiger partial charge on any atom is 0.270 e. The van der Waals surface area contributed by atoms with Gasteiger partial charge in [0.1, 0.15) is 17.8 Å². The smallest absolute Gasteiger partial charge is 0.270 e. The number of carbonyl (C=O) groups is 1. The van der Waals surface area contributed by atoms with E-state index >= 15 is 0 Å². The van der Waals surface area contributed by atoms with E-state index in [0.717, 1.165) is 21.3 Å². The van der Waals surface area contributed by atoms with Gasteiger partial charge in [-0.05, 0) is 42.3 Å². The van der Waals surface area contributed by atoms with Crippen molar-refractivity contribution in [3.8, 4) is 0 Å². The van der Waals surface area contributed by atoms with E-state index in [1.165, 1.54) is 6.33 Å². The Labute approximate surface area is 153 Å². The number of pyridine rings is 1. The number of rotatable bonds is 5. The molecule has 0 fully saturated rings. The Morgan fingerprint density at radius 3 is 2.84 bits per heavy atom. The van der Waals surface area contributed by atoms with Crippen LogP contribution in [0.5, 0.6) is 0 Å². The van der Waals surface area contributed by atoms with Gasteiger partial charge >= 0.3 is 0 Å². The summed E-state index contributed by atoms with van der Waals surface area (Å²) in [6.07, 6.45) is 4.77. The molecule has 2 heterocycles. The molecule has 0 spiro atoms. The SMILES string of the molecule is Cc1cc(Br)ccc1Nc1cc(C(=O)NCc2cccnc2)ncn1. The molecular formula is C18H16BrN5O. The van der Waals surface area contributed by atoms with Crippen LogP contribution >= 0.6 is 15.9 Å². The topological polar surface area (TPSA) is 79.8 Å². The third-order valence-corrected chi connectivity index (χ3v) is 4.02. The Balaban J connectivity index is 1.69. The van der Waals surface area contributed by atoms with Crippen LogP contribution in [0.4, 0.5) is 11.5 Å². The molecule has 0 saturated carbocycles. The Hall–Kier alpha value is -2.80. The molecule has 126 valence electrons. The fraction of sp³-hybridized carbons (Fsp3) is 0.111. The van der Waals surface area contributed by atoms with Crippen LogP contribution in [0.25, 0.3) is 0 Å². The standard InChI is InChI=1S/C18H16BrN5O/c1-12-7-14(19)4-5-15(12)24-17-8-16(22-11-23-17)18(25)21-10-13-3-2-6-20-9-13/h2-9,11H,10H2,1H3,(H,21,25)(H,22,23,24). The average molecular weight is 398 g/mol. The van der Waals surface area contributed by atoms with Gasteiger partial charge in [0.05, 0.1) is 0 Å². The molecule has 6 nitrogen and oxygen atoms in total. The number of amides is 1.